The Balaban J connectivity index is 1.81. The Hall–Kier alpha value is -2.04. The van der Waals surface area contributed by atoms with E-state index >= 15 is 0 Å². The van der Waals surface area contributed by atoms with E-state index in [2.05, 4.69) is 35.0 Å². The van der Waals surface area contributed by atoms with Crippen molar-refractivity contribution in [2.75, 3.05) is 38.3 Å². The van der Waals surface area contributed by atoms with Gasteiger partial charge < -0.3 is 14.4 Å². The van der Waals surface area contributed by atoms with Crippen LogP contribution in [0.3, 0.4) is 0 Å². The van der Waals surface area contributed by atoms with Gasteiger partial charge in [-0.25, -0.2) is 0 Å². The second-order valence-electron chi connectivity index (χ2n) is 5.71. The molecule has 1 aliphatic rings. The van der Waals surface area contributed by atoms with Gasteiger partial charge in [-0.2, -0.15) is 0 Å². The summed E-state index contributed by atoms with van der Waals surface area (Å²) in [7, 11) is 1.63. The average Bonchev–Trinajstić information content (AvgIpc) is 2.61. The molecule has 3 rings (SSSR count). The van der Waals surface area contributed by atoms with E-state index in [4.69, 9.17) is 21.1 Å². The minimum Gasteiger partial charge on any atom is -0.494 e. The molecular formula is C19H21ClN2O2. The standard InChI is InChI=1S/C19H21ClN2O2/c1-14-11-17(22-7-9-24-10-8-22)5-3-15(14)13-21-18-12-16(20)4-6-19(18)23-2/h3-6,11-13H,7-10H2,1-2H3. The lowest BCUT2D eigenvalue weighted by atomic mass is 10.1. The van der Waals surface area contributed by atoms with E-state index in [1.807, 2.05) is 12.3 Å². The second kappa shape index (κ2) is 7.69. The number of hydrogen-bond donors (Lipinski definition) is 0. The average molecular weight is 345 g/mol. The first-order valence-corrected chi connectivity index (χ1v) is 8.36. The molecule has 0 bridgehead atoms. The number of methoxy groups -OCH3 is 1. The Labute approximate surface area is 147 Å². The van der Waals surface area contributed by atoms with Crippen molar-refractivity contribution in [1.29, 1.82) is 0 Å². The zero-order valence-corrected chi connectivity index (χ0v) is 14.7. The van der Waals surface area contributed by atoms with Crippen LogP contribution in [0.1, 0.15) is 11.1 Å². The lowest BCUT2D eigenvalue weighted by Crippen LogP contribution is -2.36. The van der Waals surface area contributed by atoms with Gasteiger partial charge in [0.25, 0.3) is 0 Å². The SMILES string of the molecule is COc1ccc(Cl)cc1N=Cc1ccc(N2CCOCC2)cc1C. The summed E-state index contributed by atoms with van der Waals surface area (Å²) in [6.07, 6.45) is 1.85. The first-order chi connectivity index (χ1) is 11.7. The zero-order chi connectivity index (χ0) is 16.9. The Morgan fingerprint density at radius 1 is 1.17 bits per heavy atom. The number of aryl methyl sites for hydroxylation is 1. The summed E-state index contributed by atoms with van der Waals surface area (Å²) in [6.45, 7) is 5.55. The number of rotatable bonds is 4. The fraction of sp³-hybridized carbons (Fsp3) is 0.316. The molecule has 0 radical (unpaired) electrons. The van der Waals surface area contributed by atoms with Crippen molar-refractivity contribution < 1.29 is 9.47 Å². The van der Waals surface area contributed by atoms with Crippen LogP contribution in [0, 0.1) is 6.92 Å². The summed E-state index contributed by atoms with van der Waals surface area (Å²) in [5.41, 5.74) is 4.22. The molecule has 0 N–H and O–H groups in total. The van der Waals surface area contributed by atoms with Crippen LogP contribution in [-0.2, 0) is 4.74 Å². The molecule has 0 unspecified atom stereocenters. The topological polar surface area (TPSA) is 34.1 Å². The molecule has 24 heavy (non-hydrogen) atoms. The molecule has 0 saturated carbocycles. The minimum absolute atomic E-state index is 0.641. The van der Waals surface area contributed by atoms with Crippen LogP contribution < -0.4 is 9.64 Å². The summed E-state index contributed by atoms with van der Waals surface area (Å²) in [5, 5.41) is 0.641. The molecule has 2 aromatic carbocycles. The zero-order valence-electron chi connectivity index (χ0n) is 14.0. The number of nitrogens with zero attached hydrogens (tertiary/aromatic N) is 2. The molecule has 0 aromatic heterocycles. The molecule has 0 amide bonds. The van der Waals surface area contributed by atoms with Crippen LogP contribution in [0.25, 0.3) is 0 Å². The highest BCUT2D eigenvalue weighted by Crippen LogP contribution is 2.30. The second-order valence-corrected chi connectivity index (χ2v) is 6.15. The van der Waals surface area contributed by atoms with Crippen LogP contribution >= 0.6 is 11.6 Å². The quantitative estimate of drug-likeness (QED) is 0.778. The maximum atomic E-state index is 6.05. The van der Waals surface area contributed by atoms with Gasteiger partial charge in [0.05, 0.1) is 20.3 Å². The largest absolute Gasteiger partial charge is 0.494 e. The highest BCUT2D eigenvalue weighted by molar-refractivity contribution is 6.30. The Morgan fingerprint density at radius 2 is 1.96 bits per heavy atom. The van der Waals surface area contributed by atoms with Gasteiger partial charge in [-0.1, -0.05) is 17.7 Å². The van der Waals surface area contributed by atoms with Gasteiger partial charge in [0.1, 0.15) is 11.4 Å². The first-order valence-electron chi connectivity index (χ1n) is 7.98. The number of benzene rings is 2. The monoisotopic (exact) mass is 344 g/mol. The molecule has 1 heterocycles. The third-order valence-corrected chi connectivity index (χ3v) is 4.35. The molecule has 0 atom stereocenters. The highest BCUT2D eigenvalue weighted by Gasteiger charge is 2.11. The van der Waals surface area contributed by atoms with Crippen LogP contribution in [0.5, 0.6) is 5.75 Å². The van der Waals surface area contributed by atoms with Crippen molar-refractivity contribution in [3.8, 4) is 5.75 Å². The van der Waals surface area contributed by atoms with Gasteiger partial charge >= 0.3 is 0 Å². The first kappa shape index (κ1) is 16.8. The van der Waals surface area contributed by atoms with E-state index in [0.717, 1.165) is 37.6 Å². The Bertz CT molecular complexity index is 740. The van der Waals surface area contributed by atoms with Crippen LogP contribution in [0.4, 0.5) is 11.4 Å². The van der Waals surface area contributed by atoms with E-state index in [-0.39, 0.29) is 0 Å². The third-order valence-electron chi connectivity index (χ3n) is 4.11. The van der Waals surface area contributed by atoms with E-state index in [1.54, 1.807) is 19.2 Å². The molecule has 1 fully saturated rings. The molecule has 1 saturated heterocycles. The van der Waals surface area contributed by atoms with Gasteiger partial charge in [0.15, 0.2) is 0 Å². The van der Waals surface area contributed by atoms with Gasteiger partial charge in [0.2, 0.25) is 0 Å². The Morgan fingerprint density at radius 3 is 2.67 bits per heavy atom. The van der Waals surface area contributed by atoms with Crippen molar-refractivity contribution in [2.45, 2.75) is 6.92 Å². The molecule has 0 aliphatic carbocycles. The number of hydrogen-bond acceptors (Lipinski definition) is 4. The lowest BCUT2D eigenvalue weighted by molar-refractivity contribution is 0.122. The van der Waals surface area contributed by atoms with Crippen molar-refractivity contribution in [2.24, 2.45) is 4.99 Å². The molecule has 4 nitrogen and oxygen atoms in total. The van der Waals surface area contributed by atoms with E-state index in [9.17, 15) is 0 Å². The molecule has 126 valence electrons. The maximum absolute atomic E-state index is 6.05. The molecular weight excluding hydrogens is 324 g/mol. The van der Waals surface area contributed by atoms with E-state index in [1.165, 1.54) is 11.3 Å². The number of anilines is 1. The molecule has 5 heteroatoms. The van der Waals surface area contributed by atoms with Crippen molar-refractivity contribution in [3.63, 3.8) is 0 Å². The maximum Gasteiger partial charge on any atom is 0.144 e. The molecule has 1 aliphatic heterocycles. The number of morpholine rings is 1. The predicted molar refractivity (Wildman–Crippen MR) is 99.5 cm³/mol. The minimum atomic E-state index is 0.641. The summed E-state index contributed by atoms with van der Waals surface area (Å²) >= 11 is 6.05. The Kier molecular flexibility index (Phi) is 5.38. The van der Waals surface area contributed by atoms with Crippen LogP contribution in [-0.4, -0.2) is 39.6 Å². The fourth-order valence-corrected chi connectivity index (χ4v) is 2.89. The number of ether oxygens (including phenoxy) is 2. The van der Waals surface area contributed by atoms with Crippen LogP contribution in [0.2, 0.25) is 5.02 Å². The van der Waals surface area contributed by atoms with Crippen molar-refractivity contribution in [1.82, 2.24) is 0 Å². The molecule has 2 aromatic rings. The summed E-state index contributed by atoms with van der Waals surface area (Å²) in [5.74, 6) is 0.707. The highest BCUT2D eigenvalue weighted by atomic mass is 35.5. The van der Waals surface area contributed by atoms with Crippen molar-refractivity contribution >= 4 is 29.2 Å². The summed E-state index contributed by atoms with van der Waals surface area (Å²) < 4.78 is 10.7. The fourth-order valence-electron chi connectivity index (χ4n) is 2.73. The summed E-state index contributed by atoms with van der Waals surface area (Å²) in [6, 6.07) is 11.8. The number of aliphatic imine (C=N–C) groups is 1. The smallest absolute Gasteiger partial charge is 0.144 e. The van der Waals surface area contributed by atoms with Crippen LogP contribution in [0.15, 0.2) is 41.4 Å². The van der Waals surface area contributed by atoms with Gasteiger partial charge in [0, 0.05) is 30.0 Å². The lowest BCUT2D eigenvalue weighted by Gasteiger charge is -2.29. The number of halogens is 1. The van der Waals surface area contributed by atoms with E-state index in [0.29, 0.717) is 10.8 Å². The molecule has 0 spiro atoms. The van der Waals surface area contributed by atoms with Gasteiger partial charge in [-0.3, -0.25) is 4.99 Å². The van der Waals surface area contributed by atoms with Gasteiger partial charge in [-0.05, 0) is 48.4 Å². The summed E-state index contributed by atoms with van der Waals surface area (Å²) in [4.78, 5) is 6.89. The van der Waals surface area contributed by atoms with E-state index < -0.39 is 0 Å². The predicted octanol–water partition coefficient (Wildman–Crippen LogP) is 4.24. The normalized spacial score (nSPS) is 15.0. The third kappa shape index (κ3) is 3.89. The van der Waals surface area contributed by atoms with Gasteiger partial charge in [-0.15, -0.1) is 0 Å². The van der Waals surface area contributed by atoms with Crippen molar-refractivity contribution in [3.05, 3.63) is 52.5 Å².